The molecule has 3 aromatic rings. The Balaban J connectivity index is 1.61. The number of hydrogen-bond acceptors (Lipinski definition) is 5. The minimum absolute atomic E-state index is 0.0787. The van der Waals surface area contributed by atoms with Crippen molar-refractivity contribution in [3.05, 3.63) is 59.4 Å². The summed E-state index contributed by atoms with van der Waals surface area (Å²) in [5, 5.41) is 13.4. The maximum atomic E-state index is 12.1. The molecule has 0 saturated heterocycles. The minimum Gasteiger partial charge on any atom is -0.504 e. The number of imidazole rings is 1. The number of H-pyrrole nitrogens is 1. The topological polar surface area (TPSA) is 99.6 Å². The predicted octanol–water partition coefficient (Wildman–Crippen LogP) is 3.01. The number of hydrazone groups is 1. The normalized spacial score (nSPS) is 11.5. The quantitative estimate of drug-likeness (QED) is 0.486. The van der Waals surface area contributed by atoms with Gasteiger partial charge in [-0.25, -0.2) is 10.4 Å². The van der Waals surface area contributed by atoms with Crippen LogP contribution in [-0.2, 0) is 0 Å². The van der Waals surface area contributed by atoms with Gasteiger partial charge in [0.2, 0.25) is 0 Å². The van der Waals surface area contributed by atoms with Crippen LogP contribution in [0.2, 0.25) is 0 Å². The third-order valence-corrected chi connectivity index (χ3v) is 3.68. The number of rotatable bonds is 5. The molecule has 0 atom stereocenters. The SMILES string of the molecule is COc1cc(/C=C/C=N/NC(=O)c2ccc3nc(C)[nH]c3c2)ccc1O. The third-order valence-electron chi connectivity index (χ3n) is 3.68. The molecular formula is C19H18N4O3. The number of phenolic OH excluding ortho intramolecular Hbond substituents is 1. The number of amides is 1. The van der Waals surface area contributed by atoms with Gasteiger partial charge in [-0.3, -0.25) is 4.79 Å². The van der Waals surface area contributed by atoms with Crippen LogP contribution in [0.15, 0.2) is 47.6 Å². The zero-order valence-electron chi connectivity index (χ0n) is 14.4. The summed E-state index contributed by atoms with van der Waals surface area (Å²) in [6.45, 7) is 1.86. The van der Waals surface area contributed by atoms with Gasteiger partial charge in [-0.05, 0) is 48.9 Å². The van der Waals surface area contributed by atoms with E-state index in [9.17, 15) is 9.90 Å². The number of allylic oxidation sites excluding steroid dienone is 1. The van der Waals surface area contributed by atoms with Crippen molar-refractivity contribution >= 4 is 29.2 Å². The van der Waals surface area contributed by atoms with E-state index in [1.807, 2.05) is 6.92 Å². The van der Waals surface area contributed by atoms with Gasteiger partial charge >= 0.3 is 0 Å². The number of phenols is 1. The standard InChI is InChI=1S/C19H18N4O3/c1-12-21-15-7-6-14(11-16(15)22-12)19(25)23-20-9-3-4-13-5-8-17(24)18(10-13)26-2/h3-11,24H,1-2H3,(H,21,22)(H,23,25)/b4-3+,20-9+. The lowest BCUT2D eigenvalue weighted by Crippen LogP contribution is -2.17. The van der Waals surface area contributed by atoms with Crippen molar-refractivity contribution in [2.45, 2.75) is 6.92 Å². The second-order valence-corrected chi connectivity index (χ2v) is 5.56. The van der Waals surface area contributed by atoms with E-state index in [1.54, 1.807) is 48.6 Å². The van der Waals surface area contributed by atoms with Crippen LogP contribution in [0.25, 0.3) is 17.1 Å². The number of fused-ring (bicyclic) bond motifs is 1. The minimum atomic E-state index is -0.310. The number of aryl methyl sites for hydroxylation is 1. The predicted molar refractivity (Wildman–Crippen MR) is 100 cm³/mol. The second kappa shape index (κ2) is 7.52. The van der Waals surface area contributed by atoms with Crippen molar-refractivity contribution in [3.8, 4) is 11.5 Å². The Hall–Kier alpha value is -3.61. The molecule has 0 spiro atoms. The number of aromatic amines is 1. The Morgan fingerprint density at radius 1 is 1.31 bits per heavy atom. The van der Waals surface area contributed by atoms with Gasteiger partial charge in [0.15, 0.2) is 11.5 Å². The summed E-state index contributed by atoms with van der Waals surface area (Å²) >= 11 is 0. The van der Waals surface area contributed by atoms with E-state index in [0.29, 0.717) is 11.3 Å². The molecule has 26 heavy (non-hydrogen) atoms. The third kappa shape index (κ3) is 3.89. The molecule has 0 aliphatic rings. The summed E-state index contributed by atoms with van der Waals surface area (Å²) in [7, 11) is 1.49. The van der Waals surface area contributed by atoms with Crippen LogP contribution >= 0.6 is 0 Å². The lowest BCUT2D eigenvalue weighted by Gasteiger charge is -2.03. The van der Waals surface area contributed by atoms with E-state index in [2.05, 4.69) is 20.5 Å². The number of ether oxygens (including phenoxy) is 1. The average molecular weight is 350 g/mol. The molecule has 0 aliphatic carbocycles. The first-order valence-corrected chi connectivity index (χ1v) is 7.90. The van der Waals surface area contributed by atoms with Gasteiger partial charge in [0.25, 0.3) is 5.91 Å². The number of aromatic hydroxyl groups is 1. The summed E-state index contributed by atoms with van der Waals surface area (Å²) in [6, 6.07) is 10.2. The molecule has 0 bridgehead atoms. The molecule has 7 nitrogen and oxygen atoms in total. The summed E-state index contributed by atoms with van der Waals surface area (Å²) in [6.07, 6.45) is 4.92. The van der Waals surface area contributed by atoms with E-state index < -0.39 is 0 Å². The fourth-order valence-electron chi connectivity index (χ4n) is 2.43. The largest absolute Gasteiger partial charge is 0.504 e. The van der Waals surface area contributed by atoms with Crippen LogP contribution in [0.5, 0.6) is 11.5 Å². The van der Waals surface area contributed by atoms with E-state index >= 15 is 0 Å². The van der Waals surface area contributed by atoms with Crippen molar-refractivity contribution < 1.29 is 14.6 Å². The summed E-state index contributed by atoms with van der Waals surface area (Å²) in [4.78, 5) is 19.5. The van der Waals surface area contributed by atoms with Crippen LogP contribution in [0, 0.1) is 6.92 Å². The Morgan fingerprint density at radius 2 is 2.15 bits per heavy atom. The van der Waals surface area contributed by atoms with Crippen LogP contribution in [-0.4, -0.2) is 34.3 Å². The average Bonchev–Trinajstić information content (AvgIpc) is 3.01. The van der Waals surface area contributed by atoms with Gasteiger partial charge in [-0.2, -0.15) is 5.10 Å². The summed E-state index contributed by atoms with van der Waals surface area (Å²) in [5.74, 6) is 0.957. The smallest absolute Gasteiger partial charge is 0.271 e. The van der Waals surface area contributed by atoms with Gasteiger partial charge in [0.05, 0.1) is 18.1 Å². The molecule has 0 aliphatic heterocycles. The number of benzene rings is 2. The highest BCUT2D eigenvalue weighted by atomic mass is 16.5. The fraction of sp³-hybridized carbons (Fsp3) is 0.105. The highest BCUT2D eigenvalue weighted by molar-refractivity contribution is 5.97. The first kappa shape index (κ1) is 17.2. The molecule has 3 N–H and O–H groups in total. The summed E-state index contributed by atoms with van der Waals surface area (Å²) < 4.78 is 5.04. The first-order valence-electron chi connectivity index (χ1n) is 7.90. The number of carbonyl (C=O) groups excluding carboxylic acids is 1. The highest BCUT2D eigenvalue weighted by Crippen LogP contribution is 2.26. The number of hydrogen-bond donors (Lipinski definition) is 3. The van der Waals surface area contributed by atoms with E-state index in [-0.39, 0.29) is 11.7 Å². The molecular weight excluding hydrogens is 332 g/mol. The Kier molecular flexibility index (Phi) is 4.98. The van der Waals surface area contributed by atoms with Crippen LogP contribution in [0.4, 0.5) is 0 Å². The van der Waals surface area contributed by atoms with Crippen molar-refractivity contribution in [1.29, 1.82) is 0 Å². The fourth-order valence-corrected chi connectivity index (χ4v) is 2.43. The number of nitrogens with one attached hydrogen (secondary N) is 2. The van der Waals surface area contributed by atoms with E-state index in [1.165, 1.54) is 13.3 Å². The first-order chi connectivity index (χ1) is 12.6. The number of methoxy groups -OCH3 is 1. The molecule has 1 aromatic heterocycles. The zero-order chi connectivity index (χ0) is 18.5. The van der Waals surface area contributed by atoms with Crippen LogP contribution < -0.4 is 10.2 Å². The number of aromatic nitrogens is 2. The Labute approximate surface area is 150 Å². The zero-order valence-corrected chi connectivity index (χ0v) is 14.4. The lowest BCUT2D eigenvalue weighted by molar-refractivity contribution is 0.0955. The number of nitrogens with zero attached hydrogens (tertiary/aromatic N) is 2. The highest BCUT2D eigenvalue weighted by Gasteiger charge is 2.07. The van der Waals surface area contributed by atoms with Crippen molar-refractivity contribution in [3.63, 3.8) is 0 Å². The van der Waals surface area contributed by atoms with E-state index in [4.69, 9.17) is 4.74 Å². The van der Waals surface area contributed by atoms with Gasteiger partial charge in [0, 0.05) is 11.8 Å². The lowest BCUT2D eigenvalue weighted by atomic mass is 10.2. The number of carbonyl (C=O) groups is 1. The molecule has 0 saturated carbocycles. The van der Waals surface area contributed by atoms with Gasteiger partial charge in [0.1, 0.15) is 5.82 Å². The Morgan fingerprint density at radius 3 is 2.96 bits per heavy atom. The maximum Gasteiger partial charge on any atom is 0.271 e. The molecule has 0 radical (unpaired) electrons. The molecule has 3 rings (SSSR count). The molecule has 7 heteroatoms. The molecule has 132 valence electrons. The van der Waals surface area contributed by atoms with Crippen molar-refractivity contribution in [2.24, 2.45) is 5.10 Å². The van der Waals surface area contributed by atoms with Crippen molar-refractivity contribution in [2.75, 3.05) is 7.11 Å². The molecule has 0 unspecified atom stereocenters. The van der Waals surface area contributed by atoms with Crippen molar-refractivity contribution in [1.82, 2.24) is 15.4 Å². The second-order valence-electron chi connectivity index (χ2n) is 5.56. The van der Waals surface area contributed by atoms with Gasteiger partial charge < -0.3 is 14.8 Å². The van der Waals surface area contributed by atoms with E-state index in [0.717, 1.165) is 22.4 Å². The molecule has 1 heterocycles. The van der Waals surface area contributed by atoms with Crippen LogP contribution in [0.3, 0.4) is 0 Å². The molecule has 2 aromatic carbocycles. The van der Waals surface area contributed by atoms with Gasteiger partial charge in [-0.1, -0.05) is 12.1 Å². The molecule has 0 fully saturated rings. The summed E-state index contributed by atoms with van der Waals surface area (Å²) in [5.41, 5.74) is 5.41. The molecule has 1 amide bonds. The van der Waals surface area contributed by atoms with Gasteiger partial charge in [-0.15, -0.1) is 0 Å². The maximum absolute atomic E-state index is 12.1. The Bertz CT molecular complexity index is 1010. The van der Waals surface area contributed by atoms with Crippen LogP contribution in [0.1, 0.15) is 21.7 Å². The monoisotopic (exact) mass is 350 g/mol.